The normalized spacial score (nSPS) is 26.2. The van der Waals surface area contributed by atoms with E-state index in [2.05, 4.69) is 5.32 Å². The number of hydrogen-bond acceptors (Lipinski definition) is 3. The van der Waals surface area contributed by atoms with Gasteiger partial charge in [-0.25, -0.2) is 4.39 Å². The third-order valence-electron chi connectivity index (χ3n) is 5.58. The molecule has 2 heterocycles. The Balaban J connectivity index is 1.76. The van der Waals surface area contributed by atoms with E-state index in [0.717, 1.165) is 18.4 Å². The van der Waals surface area contributed by atoms with E-state index in [-0.39, 0.29) is 5.91 Å². The molecule has 0 radical (unpaired) electrons. The minimum Gasteiger partial charge on any atom is -0.399 e. The zero-order valence-corrected chi connectivity index (χ0v) is 13.2. The number of rotatable bonds is 1. The number of hydrogen-bond donors (Lipinski definition) is 1. The van der Waals surface area contributed by atoms with E-state index in [1.54, 1.807) is 0 Å². The van der Waals surface area contributed by atoms with Crippen molar-refractivity contribution in [2.45, 2.75) is 57.2 Å². The summed E-state index contributed by atoms with van der Waals surface area (Å²) in [6.45, 7) is 7.85. The standard InChI is InChI=1S/C16H19BFNO3/c1-14(2)15(3,4)22-17(21-14)9-7-10-12(11(18)8-9)19-13(20)16(10)5-6-16/h7-8H,5-6H2,1-4H3,(H,19,20). The highest BCUT2D eigenvalue weighted by Gasteiger charge is 2.58. The number of amides is 1. The van der Waals surface area contributed by atoms with Gasteiger partial charge < -0.3 is 14.6 Å². The van der Waals surface area contributed by atoms with Gasteiger partial charge in [0.05, 0.1) is 22.3 Å². The predicted molar refractivity (Wildman–Crippen MR) is 81.7 cm³/mol. The first-order valence-corrected chi connectivity index (χ1v) is 7.67. The van der Waals surface area contributed by atoms with Crippen LogP contribution < -0.4 is 10.8 Å². The highest BCUT2D eigenvalue weighted by Crippen LogP contribution is 2.55. The Morgan fingerprint density at radius 1 is 1.14 bits per heavy atom. The van der Waals surface area contributed by atoms with Gasteiger partial charge in [-0.1, -0.05) is 6.07 Å². The third kappa shape index (κ3) is 1.68. The van der Waals surface area contributed by atoms with Crippen molar-refractivity contribution in [3.05, 3.63) is 23.5 Å². The summed E-state index contributed by atoms with van der Waals surface area (Å²) in [6.07, 6.45) is 1.55. The largest absolute Gasteiger partial charge is 0.494 e. The summed E-state index contributed by atoms with van der Waals surface area (Å²) < 4.78 is 26.4. The molecule has 0 unspecified atom stereocenters. The maximum atomic E-state index is 14.4. The van der Waals surface area contributed by atoms with E-state index in [0.29, 0.717) is 11.2 Å². The van der Waals surface area contributed by atoms with E-state index in [9.17, 15) is 9.18 Å². The lowest BCUT2D eigenvalue weighted by Gasteiger charge is -2.32. The highest BCUT2D eigenvalue weighted by atomic mass is 19.1. The average Bonchev–Trinajstić information content (AvgIpc) is 3.10. The van der Waals surface area contributed by atoms with Crippen LogP contribution in [0.5, 0.6) is 0 Å². The van der Waals surface area contributed by atoms with Crippen LogP contribution in [0, 0.1) is 5.82 Å². The second-order valence-corrected chi connectivity index (χ2v) is 7.55. The SMILES string of the molecule is CC1(C)OB(c2cc(F)c3c(c2)C2(CC2)C(=O)N3)OC1(C)C. The minimum atomic E-state index is -0.615. The Morgan fingerprint density at radius 3 is 2.27 bits per heavy atom. The van der Waals surface area contributed by atoms with E-state index in [1.807, 2.05) is 33.8 Å². The highest BCUT2D eigenvalue weighted by molar-refractivity contribution is 6.62. The van der Waals surface area contributed by atoms with Gasteiger partial charge in [0.2, 0.25) is 5.91 Å². The average molecular weight is 303 g/mol. The quantitative estimate of drug-likeness (QED) is 0.808. The Kier molecular flexibility index (Phi) is 2.53. The molecular formula is C16H19BFNO3. The third-order valence-corrected chi connectivity index (χ3v) is 5.58. The fourth-order valence-electron chi connectivity index (χ4n) is 3.22. The maximum absolute atomic E-state index is 14.4. The van der Waals surface area contributed by atoms with Crippen LogP contribution in [-0.2, 0) is 19.5 Å². The van der Waals surface area contributed by atoms with Crippen LogP contribution in [0.25, 0.3) is 0 Å². The Bertz CT molecular complexity index is 681. The van der Waals surface area contributed by atoms with Crippen molar-refractivity contribution in [2.24, 2.45) is 0 Å². The molecule has 0 atom stereocenters. The van der Waals surface area contributed by atoms with Crippen LogP contribution >= 0.6 is 0 Å². The Hall–Kier alpha value is -1.40. The molecule has 2 aliphatic heterocycles. The first-order chi connectivity index (χ1) is 10.2. The van der Waals surface area contributed by atoms with Crippen LogP contribution in [-0.4, -0.2) is 24.2 Å². The summed E-state index contributed by atoms with van der Waals surface area (Å²) in [4.78, 5) is 12.1. The van der Waals surface area contributed by atoms with Crippen molar-refractivity contribution in [3.63, 3.8) is 0 Å². The van der Waals surface area contributed by atoms with E-state index in [4.69, 9.17) is 9.31 Å². The van der Waals surface area contributed by atoms with Gasteiger partial charge in [0.1, 0.15) is 5.82 Å². The number of fused-ring (bicyclic) bond motifs is 2. The lowest BCUT2D eigenvalue weighted by molar-refractivity contribution is -0.117. The second kappa shape index (κ2) is 3.92. The topological polar surface area (TPSA) is 47.6 Å². The zero-order valence-electron chi connectivity index (χ0n) is 13.2. The number of carbonyl (C=O) groups is 1. The van der Waals surface area contributed by atoms with Gasteiger partial charge in [-0.05, 0) is 57.6 Å². The summed E-state index contributed by atoms with van der Waals surface area (Å²) in [5.41, 5.74) is 0.245. The van der Waals surface area contributed by atoms with Gasteiger partial charge in [-0.3, -0.25) is 4.79 Å². The van der Waals surface area contributed by atoms with E-state index >= 15 is 0 Å². The number of anilines is 1. The monoisotopic (exact) mass is 303 g/mol. The Morgan fingerprint density at radius 2 is 1.73 bits per heavy atom. The van der Waals surface area contributed by atoms with Gasteiger partial charge >= 0.3 is 7.12 Å². The van der Waals surface area contributed by atoms with Crippen LogP contribution in [0.1, 0.15) is 46.1 Å². The van der Waals surface area contributed by atoms with Crippen molar-refractivity contribution in [1.82, 2.24) is 0 Å². The summed E-state index contributed by atoms with van der Waals surface area (Å²) in [5, 5.41) is 2.67. The molecular weight excluding hydrogens is 284 g/mol. The molecule has 1 spiro atoms. The van der Waals surface area contributed by atoms with Crippen molar-refractivity contribution in [1.29, 1.82) is 0 Å². The predicted octanol–water partition coefficient (Wildman–Crippen LogP) is 2.11. The summed E-state index contributed by atoms with van der Waals surface area (Å²) >= 11 is 0. The first kappa shape index (κ1) is 14.2. The molecule has 2 fully saturated rings. The fourth-order valence-corrected chi connectivity index (χ4v) is 3.22. The van der Waals surface area contributed by atoms with E-state index in [1.165, 1.54) is 6.07 Å². The van der Waals surface area contributed by atoms with Gasteiger partial charge in [0, 0.05) is 0 Å². The zero-order chi connectivity index (χ0) is 15.9. The molecule has 1 aliphatic carbocycles. The van der Waals surface area contributed by atoms with Crippen LogP contribution in [0.3, 0.4) is 0 Å². The number of nitrogens with one attached hydrogen (secondary N) is 1. The van der Waals surface area contributed by atoms with Crippen molar-refractivity contribution in [3.8, 4) is 0 Å². The molecule has 1 saturated heterocycles. The smallest absolute Gasteiger partial charge is 0.399 e. The van der Waals surface area contributed by atoms with Crippen molar-refractivity contribution >= 4 is 24.2 Å². The number of halogens is 1. The minimum absolute atomic E-state index is 0.0903. The lowest BCUT2D eigenvalue weighted by Crippen LogP contribution is -2.41. The van der Waals surface area contributed by atoms with Crippen LogP contribution in [0.4, 0.5) is 10.1 Å². The van der Waals surface area contributed by atoms with Crippen LogP contribution in [0.15, 0.2) is 12.1 Å². The first-order valence-electron chi connectivity index (χ1n) is 7.67. The molecule has 1 amide bonds. The number of carbonyl (C=O) groups excluding carboxylic acids is 1. The summed E-state index contributed by atoms with van der Waals surface area (Å²) in [7, 11) is -0.615. The van der Waals surface area contributed by atoms with Gasteiger partial charge in [-0.15, -0.1) is 0 Å². The molecule has 116 valence electrons. The van der Waals surface area contributed by atoms with Crippen molar-refractivity contribution < 1.29 is 18.5 Å². The van der Waals surface area contributed by atoms with Crippen molar-refractivity contribution in [2.75, 3.05) is 5.32 Å². The molecule has 6 heteroatoms. The van der Waals surface area contributed by atoms with E-state index < -0.39 is 29.6 Å². The van der Waals surface area contributed by atoms with Crippen LogP contribution in [0.2, 0.25) is 0 Å². The fraction of sp³-hybridized carbons (Fsp3) is 0.562. The molecule has 4 rings (SSSR count). The summed E-state index contributed by atoms with van der Waals surface area (Å²) in [5.74, 6) is -0.508. The molecule has 0 aromatic heterocycles. The second-order valence-electron chi connectivity index (χ2n) is 7.55. The van der Waals surface area contributed by atoms with Gasteiger partial charge in [0.15, 0.2) is 0 Å². The Labute approximate surface area is 129 Å². The molecule has 22 heavy (non-hydrogen) atoms. The molecule has 1 aromatic carbocycles. The maximum Gasteiger partial charge on any atom is 0.494 e. The lowest BCUT2D eigenvalue weighted by atomic mass is 9.77. The molecule has 4 nitrogen and oxygen atoms in total. The molecule has 0 bridgehead atoms. The number of benzene rings is 1. The van der Waals surface area contributed by atoms with Gasteiger partial charge in [0.25, 0.3) is 0 Å². The van der Waals surface area contributed by atoms with Gasteiger partial charge in [-0.2, -0.15) is 0 Å². The molecule has 1 aromatic rings. The molecule has 3 aliphatic rings. The molecule has 1 N–H and O–H groups in total. The molecule has 1 saturated carbocycles. The summed E-state index contributed by atoms with van der Waals surface area (Å²) in [6, 6.07) is 3.27.